The van der Waals surface area contributed by atoms with Crippen molar-refractivity contribution in [2.24, 2.45) is 5.73 Å². The van der Waals surface area contributed by atoms with Gasteiger partial charge in [-0.15, -0.1) is 0 Å². The fraction of sp³-hybridized carbons (Fsp3) is 0.231. The van der Waals surface area contributed by atoms with Crippen LogP contribution in [0.25, 0.3) is 0 Å². The Morgan fingerprint density at radius 1 is 1.41 bits per heavy atom. The molecule has 17 heavy (non-hydrogen) atoms. The van der Waals surface area contributed by atoms with Crippen molar-refractivity contribution in [2.75, 3.05) is 0 Å². The molecule has 0 aliphatic rings. The first-order chi connectivity index (χ1) is 8.08. The molecule has 3 nitrogen and oxygen atoms in total. The quantitative estimate of drug-likeness (QED) is 0.843. The molecule has 0 aliphatic carbocycles. The van der Waals surface area contributed by atoms with Crippen molar-refractivity contribution in [2.45, 2.75) is 20.4 Å². The largest absolute Gasteiger partial charge is 0.389 e. The third kappa shape index (κ3) is 2.53. The lowest BCUT2D eigenvalue weighted by atomic mass is 10.1. The van der Waals surface area contributed by atoms with Crippen LogP contribution in [0, 0.1) is 13.8 Å². The molecule has 1 aromatic carbocycles. The third-order valence-corrected chi connectivity index (χ3v) is 3.15. The van der Waals surface area contributed by atoms with Gasteiger partial charge in [-0.1, -0.05) is 30.4 Å². The van der Waals surface area contributed by atoms with Crippen LogP contribution in [-0.2, 0) is 6.54 Å². The minimum atomic E-state index is 0.436. The maximum Gasteiger partial charge on any atom is 0.103 e. The predicted molar refractivity (Wildman–Crippen MR) is 73.1 cm³/mol. The predicted octanol–water partition coefficient (Wildman–Crippen LogP) is 2.18. The first kappa shape index (κ1) is 11.8. The summed E-state index contributed by atoms with van der Waals surface area (Å²) in [6.07, 6.45) is 1.86. The van der Waals surface area contributed by atoms with E-state index >= 15 is 0 Å². The van der Waals surface area contributed by atoms with Gasteiger partial charge in [-0.05, 0) is 25.5 Å². The molecule has 0 spiro atoms. The molecule has 2 N–H and O–H groups in total. The fourth-order valence-corrected chi connectivity index (χ4v) is 1.85. The molecular formula is C13H15N3S. The Kier molecular flexibility index (Phi) is 3.24. The van der Waals surface area contributed by atoms with E-state index in [4.69, 9.17) is 18.0 Å². The third-order valence-electron chi connectivity index (χ3n) is 2.91. The molecule has 1 aromatic heterocycles. The Morgan fingerprint density at radius 2 is 2.18 bits per heavy atom. The van der Waals surface area contributed by atoms with Crippen molar-refractivity contribution in [1.82, 2.24) is 9.55 Å². The second-order valence-electron chi connectivity index (χ2n) is 4.11. The van der Waals surface area contributed by atoms with Crippen molar-refractivity contribution >= 4 is 17.2 Å². The van der Waals surface area contributed by atoms with E-state index in [2.05, 4.69) is 22.5 Å². The van der Waals surface area contributed by atoms with Crippen LogP contribution in [0.5, 0.6) is 0 Å². The number of thiocarbonyl (C=S) groups is 1. The molecule has 2 aromatic rings. The normalized spacial score (nSPS) is 10.5. The van der Waals surface area contributed by atoms with Crippen molar-refractivity contribution in [3.05, 3.63) is 53.1 Å². The lowest BCUT2D eigenvalue weighted by Crippen LogP contribution is -2.10. The van der Waals surface area contributed by atoms with E-state index in [0.29, 0.717) is 4.99 Å². The van der Waals surface area contributed by atoms with Gasteiger partial charge in [0.1, 0.15) is 4.99 Å². The number of aromatic nitrogens is 2. The Hall–Kier alpha value is -1.68. The molecule has 88 valence electrons. The monoisotopic (exact) mass is 245 g/mol. The lowest BCUT2D eigenvalue weighted by Gasteiger charge is -2.07. The number of nitrogens with zero attached hydrogens (tertiary/aromatic N) is 2. The van der Waals surface area contributed by atoms with E-state index in [9.17, 15) is 0 Å². The van der Waals surface area contributed by atoms with Crippen molar-refractivity contribution in [3.8, 4) is 0 Å². The lowest BCUT2D eigenvalue weighted by molar-refractivity contribution is 0.768. The summed E-state index contributed by atoms with van der Waals surface area (Å²) < 4.78 is 2.12. The summed E-state index contributed by atoms with van der Waals surface area (Å²) in [4.78, 5) is 4.72. The molecule has 0 amide bonds. The molecule has 0 fully saturated rings. The maximum absolute atomic E-state index is 5.62. The fourth-order valence-electron chi connectivity index (χ4n) is 1.72. The molecule has 0 aliphatic heterocycles. The highest BCUT2D eigenvalue weighted by Crippen LogP contribution is 2.10. The molecule has 0 radical (unpaired) electrons. The molecule has 4 heteroatoms. The van der Waals surface area contributed by atoms with Gasteiger partial charge in [0.25, 0.3) is 0 Å². The summed E-state index contributed by atoms with van der Waals surface area (Å²) >= 11 is 4.97. The summed E-state index contributed by atoms with van der Waals surface area (Å²) in [5.41, 5.74) is 9.96. The molecule has 0 unspecified atom stereocenters. The van der Waals surface area contributed by atoms with Crippen LogP contribution < -0.4 is 5.73 Å². The zero-order valence-corrected chi connectivity index (χ0v) is 10.8. The molecule has 0 bridgehead atoms. The van der Waals surface area contributed by atoms with Crippen molar-refractivity contribution in [1.29, 1.82) is 0 Å². The van der Waals surface area contributed by atoms with E-state index < -0.39 is 0 Å². The first-order valence-corrected chi connectivity index (χ1v) is 5.86. The standard InChI is InChI=1S/C13H15N3S/c1-9-10(2)16(8-15-9)7-11-4-3-5-12(6-11)13(14)17/h3-6,8H,7H2,1-2H3,(H2,14,17). The van der Waals surface area contributed by atoms with Gasteiger partial charge < -0.3 is 10.3 Å². The topological polar surface area (TPSA) is 43.8 Å². The SMILES string of the molecule is Cc1ncn(Cc2cccc(C(N)=S)c2)c1C. The molecule has 1 heterocycles. The zero-order chi connectivity index (χ0) is 12.4. The van der Waals surface area contributed by atoms with E-state index in [1.54, 1.807) is 0 Å². The number of hydrogen-bond acceptors (Lipinski definition) is 2. The average molecular weight is 245 g/mol. The van der Waals surface area contributed by atoms with Crippen LogP contribution >= 0.6 is 12.2 Å². The number of hydrogen-bond donors (Lipinski definition) is 1. The van der Waals surface area contributed by atoms with E-state index in [1.807, 2.05) is 31.5 Å². The summed E-state index contributed by atoms with van der Waals surface area (Å²) in [6, 6.07) is 7.99. The summed E-state index contributed by atoms with van der Waals surface area (Å²) in [6.45, 7) is 4.88. The highest BCUT2D eigenvalue weighted by atomic mass is 32.1. The highest BCUT2D eigenvalue weighted by molar-refractivity contribution is 7.80. The van der Waals surface area contributed by atoms with E-state index in [0.717, 1.165) is 17.8 Å². The number of nitrogens with two attached hydrogens (primary N) is 1. The Labute approximate surface area is 106 Å². The van der Waals surface area contributed by atoms with Gasteiger partial charge in [0, 0.05) is 17.8 Å². The van der Waals surface area contributed by atoms with Gasteiger partial charge in [-0.3, -0.25) is 0 Å². The zero-order valence-electron chi connectivity index (χ0n) is 9.97. The maximum atomic E-state index is 5.62. The van der Waals surface area contributed by atoms with Crippen LogP contribution in [0.15, 0.2) is 30.6 Å². The van der Waals surface area contributed by atoms with Crippen molar-refractivity contribution < 1.29 is 0 Å². The second-order valence-corrected chi connectivity index (χ2v) is 4.55. The Morgan fingerprint density at radius 3 is 2.76 bits per heavy atom. The summed E-state index contributed by atoms with van der Waals surface area (Å²) in [5.74, 6) is 0. The number of aryl methyl sites for hydroxylation is 1. The van der Waals surface area contributed by atoms with Crippen LogP contribution in [0.3, 0.4) is 0 Å². The molecule has 2 rings (SSSR count). The smallest absolute Gasteiger partial charge is 0.103 e. The molecular weight excluding hydrogens is 230 g/mol. The Bertz CT molecular complexity index is 558. The highest BCUT2D eigenvalue weighted by Gasteiger charge is 2.04. The van der Waals surface area contributed by atoms with Gasteiger partial charge in [0.15, 0.2) is 0 Å². The van der Waals surface area contributed by atoms with Gasteiger partial charge in [0.05, 0.1) is 12.0 Å². The molecule has 0 saturated heterocycles. The van der Waals surface area contributed by atoms with Crippen LogP contribution in [0.1, 0.15) is 22.5 Å². The van der Waals surface area contributed by atoms with Gasteiger partial charge in [0.2, 0.25) is 0 Å². The number of imidazole rings is 1. The molecule has 0 saturated carbocycles. The minimum Gasteiger partial charge on any atom is -0.389 e. The Balaban J connectivity index is 2.27. The first-order valence-electron chi connectivity index (χ1n) is 5.45. The van der Waals surface area contributed by atoms with Crippen LogP contribution in [0.2, 0.25) is 0 Å². The number of rotatable bonds is 3. The van der Waals surface area contributed by atoms with Gasteiger partial charge in [-0.25, -0.2) is 4.98 Å². The molecule has 0 atom stereocenters. The van der Waals surface area contributed by atoms with Crippen molar-refractivity contribution in [3.63, 3.8) is 0 Å². The second kappa shape index (κ2) is 4.67. The minimum absolute atomic E-state index is 0.436. The van der Waals surface area contributed by atoms with Crippen LogP contribution in [0.4, 0.5) is 0 Å². The summed E-state index contributed by atoms with van der Waals surface area (Å²) in [5, 5.41) is 0. The number of benzene rings is 1. The van der Waals surface area contributed by atoms with Gasteiger partial charge in [-0.2, -0.15) is 0 Å². The van der Waals surface area contributed by atoms with Gasteiger partial charge >= 0.3 is 0 Å². The average Bonchev–Trinajstić information content (AvgIpc) is 2.61. The van der Waals surface area contributed by atoms with Crippen LogP contribution in [-0.4, -0.2) is 14.5 Å². The summed E-state index contributed by atoms with van der Waals surface area (Å²) in [7, 11) is 0. The van der Waals surface area contributed by atoms with E-state index in [-0.39, 0.29) is 0 Å². The van der Waals surface area contributed by atoms with E-state index in [1.165, 1.54) is 11.3 Å².